The zero-order chi connectivity index (χ0) is 8.39. The van der Waals surface area contributed by atoms with Gasteiger partial charge in [-0.2, -0.15) is 5.26 Å². The van der Waals surface area contributed by atoms with Crippen molar-refractivity contribution in [3.63, 3.8) is 0 Å². The largest absolute Gasteiger partial charge is 0.192 e. The lowest BCUT2D eigenvalue weighted by molar-refractivity contribution is 1.37. The molecule has 2 heteroatoms. The Bertz CT molecular complexity index is 374. The van der Waals surface area contributed by atoms with Crippen LogP contribution in [0.15, 0.2) is 29.7 Å². The third-order valence-electron chi connectivity index (χ3n) is 1.87. The van der Waals surface area contributed by atoms with Crippen LogP contribution in [-0.4, -0.2) is 0 Å². The Morgan fingerprint density at radius 2 is 2.17 bits per heavy atom. The average Bonchev–Trinajstić information content (AvgIpc) is 2.17. The van der Waals surface area contributed by atoms with E-state index in [9.17, 15) is 0 Å². The molecular weight excluding hydrogens is 166 g/mol. The van der Waals surface area contributed by atoms with Crippen molar-refractivity contribution in [2.75, 3.05) is 0 Å². The van der Waals surface area contributed by atoms with E-state index in [0.717, 1.165) is 16.9 Å². The van der Waals surface area contributed by atoms with E-state index in [1.807, 2.05) is 23.6 Å². The molecule has 0 saturated carbocycles. The minimum Gasteiger partial charge on any atom is -0.192 e. The highest BCUT2D eigenvalue weighted by atomic mass is 32.2. The molecular formula is C10H7NS. The summed E-state index contributed by atoms with van der Waals surface area (Å²) in [4.78, 5) is 0. The molecule has 1 aliphatic rings. The lowest BCUT2D eigenvalue weighted by Gasteiger charge is -2.11. The molecule has 0 amide bonds. The zero-order valence-electron chi connectivity index (χ0n) is 6.45. The van der Waals surface area contributed by atoms with Crippen LogP contribution in [0.3, 0.4) is 0 Å². The van der Waals surface area contributed by atoms with Gasteiger partial charge in [0.2, 0.25) is 0 Å². The predicted octanol–water partition coefficient (Wildman–Crippen LogP) is 2.80. The third kappa shape index (κ3) is 1.13. The van der Waals surface area contributed by atoms with Crippen LogP contribution in [-0.2, 0) is 5.75 Å². The second-order valence-electron chi connectivity index (χ2n) is 2.61. The molecule has 1 heterocycles. The fraction of sp³-hybridized carbons (Fsp3) is 0.100. The summed E-state index contributed by atoms with van der Waals surface area (Å²) in [5.41, 5.74) is 3.15. The minimum atomic E-state index is 0.793. The molecule has 1 aliphatic heterocycles. The molecule has 1 aromatic carbocycles. The van der Waals surface area contributed by atoms with Gasteiger partial charge in [-0.05, 0) is 16.5 Å². The number of thioether (sulfide) groups is 1. The van der Waals surface area contributed by atoms with Crippen molar-refractivity contribution in [3.8, 4) is 6.07 Å². The average molecular weight is 173 g/mol. The van der Waals surface area contributed by atoms with Crippen LogP contribution in [0.25, 0.3) is 5.57 Å². The molecule has 0 fully saturated rings. The number of benzene rings is 1. The van der Waals surface area contributed by atoms with E-state index in [1.54, 1.807) is 11.8 Å². The molecule has 12 heavy (non-hydrogen) atoms. The molecule has 1 nitrogen and oxygen atoms in total. The maximum Gasteiger partial charge on any atom is 0.100 e. The van der Waals surface area contributed by atoms with E-state index < -0.39 is 0 Å². The Hall–Kier alpha value is -1.20. The number of hydrogen-bond donors (Lipinski definition) is 0. The topological polar surface area (TPSA) is 23.8 Å². The van der Waals surface area contributed by atoms with E-state index in [0.29, 0.717) is 0 Å². The Kier molecular flexibility index (Phi) is 1.89. The Balaban J connectivity index is 2.57. The number of fused-ring (bicyclic) bond motifs is 1. The minimum absolute atomic E-state index is 0.793. The lowest BCUT2D eigenvalue weighted by Crippen LogP contribution is -1.93. The predicted molar refractivity (Wildman–Crippen MR) is 51.3 cm³/mol. The number of nitrogens with zero attached hydrogens (tertiary/aromatic N) is 1. The van der Waals surface area contributed by atoms with Crippen LogP contribution in [0.2, 0.25) is 0 Å². The van der Waals surface area contributed by atoms with Gasteiger partial charge in [-0.1, -0.05) is 24.3 Å². The van der Waals surface area contributed by atoms with Gasteiger partial charge >= 0.3 is 0 Å². The lowest BCUT2D eigenvalue weighted by atomic mass is 10.0. The summed E-state index contributed by atoms with van der Waals surface area (Å²) in [6.45, 7) is 0. The van der Waals surface area contributed by atoms with Gasteiger partial charge in [0, 0.05) is 5.75 Å². The molecule has 58 valence electrons. The van der Waals surface area contributed by atoms with Gasteiger partial charge in [0.05, 0.1) is 5.57 Å². The van der Waals surface area contributed by atoms with Crippen LogP contribution in [0.4, 0.5) is 0 Å². The summed E-state index contributed by atoms with van der Waals surface area (Å²) >= 11 is 1.69. The zero-order valence-corrected chi connectivity index (χ0v) is 7.27. The first kappa shape index (κ1) is 7.45. The Labute approximate surface area is 75.7 Å². The summed E-state index contributed by atoms with van der Waals surface area (Å²) < 4.78 is 0. The van der Waals surface area contributed by atoms with Gasteiger partial charge in [0.1, 0.15) is 6.07 Å². The van der Waals surface area contributed by atoms with Gasteiger partial charge in [0.25, 0.3) is 0 Å². The van der Waals surface area contributed by atoms with Crippen molar-refractivity contribution in [1.82, 2.24) is 0 Å². The van der Waals surface area contributed by atoms with Gasteiger partial charge in [-0.3, -0.25) is 0 Å². The van der Waals surface area contributed by atoms with Gasteiger partial charge < -0.3 is 0 Å². The fourth-order valence-corrected chi connectivity index (χ4v) is 2.13. The van der Waals surface area contributed by atoms with E-state index in [-0.39, 0.29) is 0 Å². The molecule has 0 bridgehead atoms. The SMILES string of the molecule is N#CC1=CSCc2ccccc21. The molecule has 0 spiro atoms. The van der Waals surface area contributed by atoms with E-state index in [2.05, 4.69) is 12.1 Å². The molecule has 0 atom stereocenters. The summed E-state index contributed by atoms with van der Waals surface area (Å²) in [6, 6.07) is 10.3. The third-order valence-corrected chi connectivity index (χ3v) is 2.75. The molecule has 2 rings (SSSR count). The van der Waals surface area contributed by atoms with Crippen molar-refractivity contribution in [1.29, 1.82) is 5.26 Å². The van der Waals surface area contributed by atoms with Gasteiger partial charge in [-0.15, -0.1) is 11.8 Å². The summed E-state index contributed by atoms with van der Waals surface area (Å²) in [5, 5.41) is 10.7. The van der Waals surface area contributed by atoms with Gasteiger partial charge in [0.15, 0.2) is 0 Å². The molecule has 0 saturated heterocycles. The fourth-order valence-electron chi connectivity index (χ4n) is 1.27. The highest BCUT2D eigenvalue weighted by Crippen LogP contribution is 2.30. The standard InChI is InChI=1S/C10H7NS/c11-5-9-7-12-6-8-3-1-2-4-10(8)9/h1-4,7H,6H2. The van der Waals surface area contributed by atoms with Crippen LogP contribution >= 0.6 is 11.8 Å². The van der Waals surface area contributed by atoms with Crippen molar-refractivity contribution in [2.24, 2.45) is 0 Å². The maximum absolute atomic E-state index is 8.81. The van der Waals surface area contributed by atoms with Crippen LogP contribution in [0.5, 0.6) is 0 Å². The van der Waals surface area contributed by atoms with Crippen LogP contribution in [0.1, 0.15) is 11.1 Å². The first-order valence-electron chi connectivity index (χ1n) is 3.72. The molecule has 1 aromatic rings. The number of nitriles is 1. The molecule has 0 unspecified atom stereocenters. The summed E-state index contributed by atoms with van der Waals surface area (Å²) in [7, 11) is 0. The summed E-state index contributed by atoms with van der Waals surface area (Å²) in [5.74, 6) is 0.987. The van der Waals surface area contributed by atoms with Crippen molar-refractivity contribution >= 4 is 17.3 Å². The second kappa shape index (κ2) is 3.04. The monoisotopic (exact) mass is 173 g/mol. The molecule has 0 aliphatic carbocycles. The van der Waals surface area contributed by atoms with Crippen molar-refractivity contribution < 1.29 is 0 Å². The van der Waals surface area contributed by atoms with Crippen molar-refractivity contribution in [2.45, 2.75) is 5.75 Å². The quantitative estimate of drug-likeness (QED) is 0.602. The smallest absolute Gasteiger partial charge is 0.100 e. The van der Waals surface area contributed by atoms with Gasteiger partial charge in [-0.25, -0.2) is 0 Å². The Morgan fingerprint density at radius 1 is 1.33 bits per heavy atom. The number of hydrogen-bond acceptors (Lipinski definition) is 2. The van der Waals surface area contributed by atoms with E-state index in [4.69, 9.17) is 5.26 Å². The number of rotatable bonds is 0. The van der Waals surface area contributed by atoms with E-state index >= 15 is 0 Å². The highest BCUT2D eigenvalue weighted by molar-refractivity contribution is 8.01. The summed E-state index contributed by atoms with van der Waals surface area (Å²) in [6.07, 6.45) is 0. The molecule has 0 aromatic heterocycles. The Morgan fingerprint density at radius 3 is 3.00 bits per heavy atom. The second-order valence-corrected chi connectivity index (χ2v) is 3.47. The van der Waals surface area contributed by atoms with Crippen LogP contribution in [0, 0.1) is 11.3 Å². The highest BCUT2D eigenvalue weighted by Gasteiger charge is 2.10. The van der Waals surface area contributed by atoms with Crippen molar-refractivity contribution in [3.05, 3.63) is 40.8 Å². The molecule has 0 N–H and O–H groups in total. The van der Waals surface area contributed by atoms with Crippen LogP contribution < -0.4 is 0 Å². The normalized spacial score (nSPS) is 14.4. The first-order chi connectivity index (χ1) is 5.92. The van der Waals surface area contributed by atoms with E-state index in [1.165, 1.54) is 5.56 Å². The maximum atomic E-state index is 8.81. The number of allylic oxidation sites excluding steroid dienone is 1. The first-order valence-corrected chi connectivity index (χ1v) is 4.77. The molecule has 0 radical (unpaired) electrons.